The van der Waals surface area contributed by atoms with E-state index in [9.17, 15) is 4.79 Å². The summed E-state index contributed by atoms with van der Waals surface area (Å²) in [5, 5.41) is 3.95. The molecule has 0 radical (unpaired) electrons. The predicted octanol–water partition coefficient (Wildman–Crippen LogP) is 4.79. The van der Waals surface area contributed by atoms with E-state index in [-0.39, 0.29) is 5.91 Å². The second kappa shape index (κ2) is 6.37. The first-order valence-corrected chi connectivity index (χ1v) is 7.14. The van der Waals surface area contributed by atoms with E-state index in [4.69, 9.17) is 27.9 Å². The van der Waals surface area contributed by atoms with E-state index in [0.717, 1.165) is 0 Å². The molecular formula is C16H15Cl2NO2. The molecule has 0 aliphatic heterocycles. The molecule has 0 atom stereocenters. The molecule has 0 aliphatic rings. The number of carbonyl (C=O) groups excluding carboxylic acids is 1. The minimum absolute atomic E-state index is 0.264. The normalized spacial score (nSPS) is 11.0. The van der Waals surface area contributed by atoms with Crippen molar-refractivity contribution in [3.63, 3.8) is 0 Å². The van der Waals surface area contributed by atoms with Crippen molar-refractivity contribution in [2.75, 3.05) is 5.32 Å². The molecule has 0 spiro atoms. The molecule has 2 rings (SSSR count). The van der Waals surface area contributed by atoms with Gasteiger partial charge in [0.1, 0.15) is 5.75 Å². The quantitative estimate of drug-likeness (QED) is 0.878. The number of benzene rings is 2. The van der Waals surface area contributed by atoms with Crippen molar-refractivity contribution in [3.05, 3.63) is 58.6 Å². The van der Waals surface area contributed by atoms with Gasteiger partial charge in [-0.2, -0.15) is 0 Å². The summed E-state index contributed by atoms with van der Waals surface area (Å²) in [7, 11) is 0. The van der Waals surface area contributed by atoms with Crippen molar-refractivity contribution in [2.45, 2.75) is 19.4 Å². The largest absolute Gasteiger partial charge is 0.478 e. The lowest BCUT2D eigenvalue weighted by atomic mass is 10.1. The van der Waals surface area contributed by atoms with E-state index in [1.54, 1.807) is 62.4 Å². The number of hydrogen-bond donors (Lipinski definition) is 1. The predicted molar refractivity (Wildman–Crippen MR) is 86.2 cm³/mol. The average Bonchev–Trinajstić information content (AvgIpc) is 2.41. The molecule has 21 heavy (non-hydrogen) atoms. The maximum absolute atomic E-state index is 12.3. The van der Waals surface area contributed by atoms with E-state index in [1.807, 2.05) is 0 Å². The van der Waals surface area contributed by atoms with E-state index in [0.29, 0.717) is 21.5 Å². The number of ether oxygens (including phenoxy) is 1. The fraction of sp³-hybridized carbons (Fsp3) is 0.188. The van der Waals surface area contributed by atoms with Gasteiger partial charge in [-0.1, -0.05) is 29.3 Å². The van der Waals surface area contributed by atoms with Gasteiger partial charge in [0.25, 0.3) is 5.91 Å². The smallest absolute Gasteiger partial charge is 0.267 e. The van der Waals surface area contributed by atoms with E-state index in [1.165, 1.54) is 0 Å². The highest BCUT2D eigenvalue weighted by Crippen LogP contribution is 2.23. The summed E-state index contributed by atoms with van der Waals surface area (Å²) in [5.74, 6) is 0.311. The van der Waals surface area contributed by atoms with E-state index >= 15 is 0 Å². The van der Waals surface area contributed by atoms with Crippen LogP contribution in [-0.4, -0.2) is 11.5 Å². The number of hydrogen-bond acceptors (Lipinski definition) is 2. The molecule has 0 saturated carbocycles. The SMILES string of the molecule is CC(C)(Oc1ccc(Cl)cc1)C(=O)Nc1cccc(Cl)c1. The van der Waals surface area contributed by atoms with Crippen molar-refractivity contribution >= 4 is 34.8 Å². The van der Waals surface area contributed by atoms with Crippen LogP contribution in [0.4, 0.5) is 5.69 Å². The van der Waals surface area contributed by atoms with Crippen molar-refractivity contribution in [3.8, 4) is 5.75 Å². The summed E-state index contributed by atoms with van der Waals surface area (Å²) in [5.41, 5.74) is -0.406. The van der Waals surface area contributed by atoms with Crippen molar-refractivity contribution in [1.82, 2.24) is 0 Å². The molecule has 0 aromatic heterocycles. The van der Waals surface area contributed by atoms with Crippen LogP contribution in [0.3, 0.4) is 0 Å². The number of carbonyl (C=O) groups is 1. The summed E-state index contributed by atoms with van der Waals surface area (Å²) in [6.45, 7) is 3.39. The van der Waals surface area contributed by atoms with Gasteiger partial charge in [-0.25, -0.2) is 0 Å². The maximum atomic E-state index is 12.3. The Morgan fingerprint density at radius 3 is 2.33 bits per heavy atom. The van der Waals surface area contributed by atoms with Crippen LogP contribution in [0.5, 0.6) is 5.75 Å². The summed E-state index contributed by atoms with van der Waals surface area (Å²) >= 11 is 11.7. The molecule has 2 aromatic carbocycles. The van der Waals surface area contributed by atoms with Gasteiger partial charge < -0.3 is 10.1 Å². The van der Waals surface area contributed by atoms with Gasteiger partial charge in [-0.3, -0.25) is 4.79 Å². The zero-order valence-electron chi connectivity index (χ0n) is 11.7. The number of anilines is 1. The highest BCUT2D eigenvalue weighted by atomic mass is 35.5. The second-order valence-corrected chi connectivity index (χ2v) is 5.90. The number of nitrogens with one attached hydrogen (secondary N) is 1. The van der Waals surface area contributed by atoms with Gasteiger partial charge in [0, 0.05) is 15.7 Å². The maximum Gasteiger partial charge on any atom is 0.267 e. The van der Waals surface area contributed by atoms with Crippen LogP contribution in [0.1, 0.15) is 13.8 Å². The van der Waals surface area contributed by atoms with Crippen molar-refractivity contribution < 1.29 is 9.53 Å². The first-order valence-electron chi connectivity index (χ1n) is 6.38. The molecule has 3 nitrogen and oxygen atoms in total. The Morgan fingerprint density at radius 1 is 1.05 bits per heavy atom. The lowest BCUT2D eigenvalue weighted by molar-refractivity contribution is -0.128. The van der Waals surface area contributed by atoms with Gasteiger partial charge in [0.05, 0.1) is 0 Å². The number of amides is 1. The first kappa shape index (κ1) is 15.7. The molecule has 110 valence electrons. The van der Waals surface area contributed by atoms with E-state index in [2.05, 4.69) is 5.32 Å². The third-order valence-electron chi connectivity index (χ3n) is 2.82. The molecule has 0 bridgehead atoms. The molecule has 0 aliphatic carbocycles. The first-order chi connectivity index (χ1) is 9.87. The number of rotatable bonds is 4. The highest BCUT2D eigenvalue weighted by molar-refractivity contribution is 6.31. The van der Waals surface area contributed by atoms with E-state index < -0.39 is 5.60 Å². The van der Waals surface area contributed by atoms with Gasteiger partial charge in [0.15, 0.2) is 5.60 Å². The van der Waals surface area contributed by atoms with Crippen LogP contribution in [0.25, 0.3) is 0 Å². The molecule has 0 heterocycles. The lowest BCUT2D eigenvalue weighted by Crippen LogP contribution is -2.42. The van der Waals surface area contributed by atoms with Crippen LogP contribution in [0, 0.1) is 0 Å². The summed E-state index contributed by atoms with van der Waals surface area (Å²) in [6, 6.07) is 13.8. The monoisotopic (exact) mass is 323 g/mol. The Bertz CT molecular complexity index is 639. The Balaban J connectivity index is 2.07. The van der Waals surface area contributed by atoms with Gasteiger partial charge in [-0.05, 0) is 56.3 Å². The molecule has 0 unspecified atom stereocenters. The topological polar surface area (TPSA) is 38.3 Å². The average molecular weight is 324 g/mol. The van der Waals surface area contributed by atoms with Crippen molar-refractivity contribution in [1.29, 1.82) is 0 Å². The molecule has 0 fully saturated rings. The molecular weight excluding hydrogens is 309 g/mol. The summed E-state index contributed by atoms with van der Waals surface area (Å²) in [6.07, 6.45) is 0. The highest BCUT2D eigenvalue weighted by Gasteiger charge is 2.30. The summed E-state index contributed by atoms with van der Waals surface area (Å²) in [4.78, 5) is 12.3. The molecule has 1 N–H and O–H groups in total. The Morgan fingerprint density at radius 2 is 1.71 bits per heavy atom. The van der Waals surface area contributed by atoms with Crippen LogP contribution in [-0.2, 0) is 4.79 Å². The molecule has 2 aromatic rings. The molecule has 0 saturated heterocycles. The van der Waals surface area contributed by atoms with Crippen LogP contribution in [0.2, 0.25) is 10.0 Å². The fourth-order valence-electron chi connectivity index (χ4n) is 1.69. The third-order valence-corrected chi connectivity index (χ3v) is 3.30. The van der Waals surface area contributed by atoms with Crippen LogP contribution < -0.4 is 10.1 Å². The Hall–Kier alpha value is -1.71. The van der Waals surface area contributed by atoms with Gasteiger partial charge in [0.2, 0.25) is 0 Å². The number of halogens is 2. The summed E-state index contributed by atoms with van der Waals surface area (Å²) < 4.78 is 5.72. The lowest BCUT2D eigenvalue weighted by Gasteiger charge is -2.25. The van der Waals surface area contributed by atoms with Crippen molar-refractivity contribution in [2.24, 2.45) is 0 Å². The second-order valence-electron chi connectivity index (χ2n) is 5.03. The Labute approximate surface area is 133 Å². The van der Waals surface area contributed by atoms with Crippen LogP contribution in [0.15, 0.2) is 48.5 Å². The molecule has 1 amide bonds. The van der Waals surface area contributed by atoms with Gasteiger partial charge >= 0.3 is 0 Å². The van der Waals surface area contributed by atoms with Crippen LogP contribution >= 0.6 is 23.2 Å². The third kappa shape index (κ3) is 4.38. The zero-order valence-corrected chi connectivity index (χ0v) is 13.2. The standard InChI is InChI=1S/C16H15Cl2NO2/c1-16(2,21-14-8-6-11(17)7-9-14)15(20)19-13-5-3-4-12(18)10-13/h3-10H,1-2H3,(H,19,20). The molecule has 5 heteroatoms. The Kier molecular flexibility index (Phi) is 4.76. The minimum atomic E-state index is -1.03. The van der Waals surface area contributed by atoms with Gasteiger partial charge in [-0.15, -0.1) is 0 Å². The zero-order chi connectivity index (χ0) is 15.5. The minimum Gasteiger partial charge on any atom is -0.478 e. The fourth-order valence-corrected chi connectivity index (χ4v) is 2.01.